The predicted octanol–water partition coefficient (Wildman–Crippen LogP) is 4.27. The molecule has 2 aliphatic rings. The molecule has 0 spiro atoms. The molecule has 0 aliphatic carbocycles. The summed E-state index contributed by atoms with van der Waals surface area (Å²) in [6.07, 6.45) is 4.90. The average Bonchev–Trinajstić information content (AvgIpc) is 3.31. The second-order valence-corrected chi connectivity index (χ2v) is 8.10. The second kappa shape index (κ2) is 8.02. The maximum Gasteiger partial charge on any atom is 0.337 e. The van der Waals surface area contributed by atoms with Gasteiger partial charge in [0.15, 0.2) is 5.69 Å². The third-order valence-corrected chi connectivity index (χ3v) is 6.24. The molecule has 2 aromatic carbocycles. The molecule has 3 heterocycles. The van der Waals surface area contributed by atoms with Gasteiger partial charge in [-0.15, -0.1) is 0 Å². The number of imidazole rings is 1. The maximum atomic E-state index is 13.7. The molecule has 0 fully saturated rings. The van der Waals surface area contributed by atoms with Crippen LogP contribution in [-0.2, 0) is 24.1 Å². The number of ether oxygens (including phenoxy) is 1. The lowest BCUT2D eigenvalue weighted by Crippen LogP contribution is -2.30. The van der Waals surface area contributed by atoms with Crippen LogP contribution in [0, 0.1) is 0 Å². The molecule has 6 heteroatoms. The molecule has 5 rings (SSSR count). The van der Waals surface area contributed by atoms with Gasteiger partial charge in [-0.25, -0.2) is 9.78 Å². The van der Waals surface area contributed by atoms with Crippen LogP contribution in [0.4, 0.5) is 5.69 Å². The van der Waals surface area contributed by atoms with Crippen molar-refractivity contribution in [1.29, 1.82) is 0 Å². The summed E-state index contributed by atoms with van der Waals surface area (Å²) in [7, 11) is 1.38. The van der Waals surface area contributed by atoms with Gasteiger partial charge in [0, 0.05) is 24.3 Å². The van der Waals surface area contributed by atoms with Gasteiger partial charge in [0.2, 0.25) is 0 Å². The van der Waals surface area contributed by atoms with E-state index in [4.69, 9.17) is 9.72 Å². The first-order valence-electron chi connectivity index (χ1n) is 10.9. The minimum Gasteiger partial charge on any atom is -0.465 e. The summed E-state index contributed by atoms with van der Waals surface area (Å²) in [5.74, 6) is 0.457. The molecule has 0 saturated heterocycles. The Morgan fingerprint density at radius 2 is 1.81 bits per heavy atom. The largest absolute Gasteiger partial charge is 0.465 e. The zero-order chi connectivity index (χ0) is 21.4. The lowest BCUT2D eigenvalue weighted by Gasteiger charge is -2.17. The predicted molar refractivity (Wildman–Crippen MR) is 118 cm³/mol. The molecule has 0 N–H and O–H groups in total. The molecule has 0 unspecified atom stereocenters. The summed E-state index contributed by atoms with van der Waals surface area (Å²) < 4.78 is 7.07. The van der Waals surface area contributed by atoms with Crippen LogP contribution in [0.3, 0.4) is 0 Å². The average molecular weight is 415 g/mol. The number of fused-ring (bicyclic) bond motifs is 2. The van der Waals surface area contributed by atoms with E-state index in [-0.39, 0.29) is 11.9 Å². The Hall–Kier alpha value is -3.41. The summed E-state index contributed by atoms with van der Waals surface area (Å²) in [6, 6.07) is 15.5. The fourth-order valence-corrected chi connectivity index (χ4v) is 4.68. The van der Waals surface area contributed by atoms with E-state index in [9.17, 15) is 9.59 Å². The zero-order valence-electron chi connectivity index (χ0n) is 17.6. The van der Waals surface area contributed by atoms with E-state index in [1.54, 1.807) is 11.0 Å². The molecule has 1 amide bonds. The Labute approximate surface area is 181 Å². The van der Waals surface area contributed by atoms with E-state index in [1.807, 2.05) is 42.5 Å². The van der Waals surface area contributed by atoms with Crippen LogP contribution in [0.2, 0.25) is 0 Å². The molecule has 0 saturated carbocycles. The molecule has 6 nitrogen and oxygen atoms in total. The zero-order valence-corrected chi connectivity index (χ0v) is 17.6. The van der Waals surface area contributed by atoms with Gasteiger partial charge < -0.3 is 14.2 Å². The molecule has 31 heavy (non-hydrogen) atoms. The number of aromatic nitrogens is 2. The highest BCUT2D eigenvalue weighted by atomic mass is 16.5. The number of methoxy groups -OCH3 is 1. The number of esters is 1. The van der Waals surface area contributed by atoms with Gasteiger partial charge in [0.25, 0.3) is 5.91 Å². The number of amides is 1. The van der Waals surface area contributed by atoms with Gasteiger partial charge in [-0.1, -0.05) is 36.8 Å². The molecule has 0 bridgehead atoms. The summed E-state index contributed by atoms with van der Waals surface area (Å²) in [5, 5.41) is 0. The van der Waals surface area contributed by atoms with Gasteiger partial charge in [-0.3, -0.25) is 4.79 Å². The number of carbonyl (C=O) groups excluding carboxylic acids is 2. The second-order valence-electron chi connectivity index (χ2n) is 8.10. The molecule has 1 aromatic heterocycles. The fourth-order valence-electron chi connectivity index (χ4n) is 4.68. The smallest absolute Gasteiger partial charge is 0.337 e. The number of nitrogens with zero attached hydrogens (tertiary/aromatic N) is 3. The Morgan fingerprint density at radius 3 is 2.61 bits per heavy atom. The third kappa shape index (κ3) is 3.42. The molecular weight excluding hydrogens is 390 g/mol. The van der Waals surface area contributed by atoms with E-state index in [0.29, 0.717) is 24.2 Å². The number of hydrogen-bond donors (Lipinski definition) is 0. The van der Waals surface area contributed by atoms with Crippen molar-refractivity contribution in [3.63, 3.8) is 0 Å². The first-order valence-corrected chi connectivity index (χ1v) is 10.9. The van der Waals surface area contributed by atoms with Crippen LogP contribution in [0.5, 0.6) is 0 Å². The number of anilines is 1. The molecule has 3 aromatic rings. The summed E-state index contributed by atoms with van der Waals surface area (Å²) >= 11 is 0. The number of benzene rings is 2. The molecule has 2 aliphatic heterocycles. The highest BCUT2D eigenvalue weighted by Crippen LogP contribution is 2.33. The maximum absolute atomic E-state index is 13.7. The van der Waals surface area contributed by atoms with Crippen LogP contribution >= 0.6 is 0 Å². The minimum absolute atomic E-state index is 0.0580. The van der Waals surface area contributed by atoms with Crippen LogP contribution in [-0.4, -0.2) is 35.1 Å². The highest BCUT2D eigenvalue weighted by molar-refractivity contribution is 6.07. The van der Waals surface area contributed by atoms with Crippen molar-refractivity contribution in [3.8, 4) is 11.4 Å². The number of hydrogen-bond acceptors (Lipinski definition) is 4. The Morgan fingerprint density at radius 1 is 0.968 bits per heavy atom. The van der Waals surface area contributed by atoms with E-state index in [2.05, 4.69) is 4.57 Å². The quantitative estimate of drug-likeness (QED) is 0.600. The summed E-state index contributed by atoms with van der Waals surface area (Å²) in [4.78, 5) is 32.2. The minimum atomic E-state index is -0.362. The lowest BCUT2D eigenvalue weighted by atomic mass is 10.1. The monoisotopic (exact) mass is 415 g/mol. The normalized spacial score (nSPS) is 15.2. The van der Waals surface area contributed by atoms with E-state index < -0.39 is 0 Å². The topological polar surface area (TPSA) is 64.4 Å². The van der Waals surface area contributed by atoms with Gasteiger partial charge >= 0.3 is 5.97 Å². The lowest BCUT2D eigenvalue weighted by molar-refractivity contribution is 0.0600. The van der Waals surface area contributed by atoms with Crippen molar-refractivity contribution in [3.05, 3.63) is 71.0 Å². The van der Waals surface area contributed by atoms with Crippen molar-refractivity contribution in [2.45, 2.75) is 38.6 Å². The van der Waals surface area contributed by atoms with E-state index >= 15 is 0 Å². The Balaban J connectivity index is 1.54. The standard InChI is InChI=1S/C25H25N3O3/c1-31-25(30)19-11-12-20-18(16-19)13-15-28(20)24(29)22-21-10-6-3-7-14-27(21)23(26-22)17-8-4-2-5-9-17/h2,4-5,8-9,11-12,16H,3,6-7,10,13-15H2,1H3. The number of rotatable bonds is 3. The SMILES string of the molecule is COC(=O)c1ccc2c(c1)CCN2C(=O)c1nc(-c2ccccc2)n2c1CCCCC2. The van der Waals surface area contributed by atoms with Crippen LogP contribution in [0.1, 0.15) is 51.4 Å². The van der Waals surface area contributed by atoms with Gasteiger partial charge in [-0.05, 0) is 49.4 Å². The molecule has 0 atom stereocenters. The van der Waals surface area contributed by atoms with Crippen molar-refractivity contribution < 1.29 is 14.3 Å². The van der Waals surface area contributed by atoms with E-state index in [0.717, 1.165) is 60.6 Å². The molecule has 0 radical (unpaired) electrons. The Bertz CT molecular complexity index is 1150. The van der Waals surface area contributed by atoms with Crippen molar-refractivity contribution in [1.82, 2.24) is 9.55 Å². The van der Waals surface area contributed by atoms with Crippen molar-refractivity contribution in [2.75, 3.05) is 18.6 Å². The summed E-state index contributed by atoms with van der Waals surface area (Å²) in [5.41, 5.74) is 5.00. The van der Waals surface area contributed by atoms with Crippen molar-refractivity contribution in [2.24, 2.45) is 0 Å². The third-order valence-electron chi connectivity index (χ3n) is 6.24. The van der Waals surface area contributed by atoms with Gasteiger partial charge in [0.1, 0.15) is 5.82 Å². The first-order chi connectivity index (χ1) is 15.2. The van der Waals surface area contributed by atoms with Crippen LogP contribution < -0.4 is 4.90 Å². The fraction of sp³-hybridized carbons (Fsp3) is 0.320. The molecular formula is C25H25N3O3. The van der Waals surface area contributed by atoms with Crippen LogP contribution in [0.15, 0.2) is 48.5 Å². The van der Waals surface area contributed by atoms with Crippen LogP contribution in [0.25, 0.3) is 11.4 Å². The van der Waals surface area contributed by atoms with Gasteiger partial charge in [0.05, 0.1) is 18.4 Å². The number of carbonyl (C=O) groups is 2. The van der Waals surface area contributed by atoms with E-state index in [1.165, 1.54) is 7.11 Å². The summed E-state index contributed by atoms with van der Waals surface area (Å²) in [6.45, 7) is 1.48. The first kappa shape index (κ1) is 19.5. The van der Waals surface area contributed by atoms with Crippen molar-refractivity contribution >= 4 is 17.6 Å². The van der Waals surface area contributed by atoms with Gasteiger partial charge in [-0.2, -0.15) is 0 Å². The Kier molecular flexibility index (Phi) is 5.06. The highest BCUT2D eigenvalue weighted by Gasteiger charge is 2.32. The molecule has 158 valence electrons.